The molecule has 0 bridgehead atoms. The van der Waals surface area contributed by atoms with Gasteiger partial charge in [-0.15, -0.1) is 0 Å². The Labute approximate surface area is 143 Å². The van der Waals surface area contributed by atoms with E-state index < -0.39 is 5.97 Å². The normalized spacial score (nSPS) is 21.8. The Hall–Kier alpha value is -1.82. The van der Waals surface area contributed by atoms with Crippen LogP contribution in [0.5, 0.6) is 0 Å². The summed E-state index contributed by atoms with van der Waals surface area (Å²) in [5, 5.41) is 12.1. The van der Waals surface area contributed by atoms with E-state index in [-0.39, 0.29) is 24.0 Å². The lowest BCUT2D eigenvalue weighted by molar-refractivity contribution is -0.138. The quantitative estimate of drug-likeness (QED) is 0.835. The Kier molecular flexibility index (Phi) is 5.70. The van der Waals surface area contributed by atoms with Crippen LogP contribution in [0.2, 0.25) is 0 Å². The smallest absolute Gasteiger partial charge is 0.317 e. The first-order valence-corrected chi connectivity index (χ1v) is 8.64. The molecule has 1 aromatic heterocycles. The number of carboxylic acids is 1. The van der Waals surface area contributed by atoms with Crippen molar-refractivity contribution in [2.24, 2.45) is 5.92 Å². The number of carbonyl (C=O) groups is 2. The molecule has 0 aromatic carbocycles. The number of nitrogens with one attached hydrogen (secondary N) is 1. The predicted molar refractivity (Wildman–Crippen MR) is 93.2 cm³/mol. The number of carboxylic acid groups (broad SMARTS) is 1. The number of likely N-dealkylation sites (tertiary alicyclic amines) is 1. The van der Waals surface area contributed by atoms with E-state index in [1.54, 1.807) is 0 Å². The van der Waals surface area contributed by atoms with E-state index >= 15 is 0 Å². The van der Waals surface area contributed by atoms with E-state index in [2.05, 4.69) is 33.0 Å². The van der Waals surface area contributed by atoms with Gasteiger partial charge in [-0.25, -0.2) is 0 Å². The molecule has 0 saturated carbocycles. The van der Waals surface area contributed by atoms with Crippen molar-refractivity contribution in [1.29, 1.82) is 0 Å². The van der Waals surface area contributed by atoms with Gasteiger partial charge in [0.2, 0.25) is 0 Å². The number of rotatable bonds is 6. The summed E-state index contributed by atoms with van der Waals surface area (Å²) in [6.45, 7) is 9.75. The molecule has 6 heteroatoms. The van der Waals surface area contributed by atoms with Crippen molar-refractivity contribution in [3.8, 4) is 0 Å². The highest BCUT2D eigenvalue weighted by Gasteiger charge is 2.34. The second-order valence-electron chi connectivity index (χ2n) is 7.69. The third-order valence-corrected chi connectivity index (χ3v) is 4.58. The fourth-order valence-corrected chi connectivity index (χ4v) is 3.31. The molecule has 1 fully saturated rings. The number of hydrogen-bond acceptors (Lipinski definition) is 3. The Bertz CT molecular complexity index is 589. The first-order chi connectivity index (χ1) is 11.2. The summed E-state index contributed by atoms with van der Waals surface area (Å²) >= 11 is 0. The number of amides is 1. The van der Waals surface area contributed by atoms with Crippen LogP contribution in [0.4, 0.5) is 0 Å². The number of hydrogen-bond donors (Lipinski definition) is 2. The fourth-order valence-electron chi connectivity index (χ4n) is 3.31. The molecular formula is C18H29N3O3. The zero-order valence-corrected chi connectivity index (χ0v) is 15.1. The monoisotopic (exact) mass is 335 g/mol. The molecule has 0 spiro atoms. The second kappa shape index (κ2) is 7.38. The van der Waals surface area contributed by atoms with Gasteiger partial charge in [0, 0.05) is 37.1 Å². The standard InChI is InChI=1S/C18H29N3O3/c1-5-6-13-9-20(12-16(22)23)11-15(13)19-17(24)14-7-8-21(10-14)18(2,3)4/h7-8,10,13,15H,5-6,9,11-12H2,1-4H3,(H,19,24)(H,22,23)/t13-,15-/m0/s1. The summed E-state index contributed by atoms with van der Waals surface area (Å²) in [5.41, 5.74) is 0.589. The number of nitrogens with zero attached hydrogens (tertiary/aromatic N) is 2. The van der Waals surface area contributed by atoms with Gasteiger partial charge in [0.1, 0.15) is 0 Å². The van der Waals surface area contributed by atoms with E-state index in [9.17, 15) is 9.59 Å². The first-order valence-electron chi connectivity index (χ1n) is 8.64. The molecule has 2 atom stereocenters. The zero-order chi connectivity index (χ0) is 17.9. The highest BCUT2D eigenvalue weighted by molar-refractivity contribution is 5.94. The van der Waals surface area contributed by atoms with Gasteiger partial charge in [0.25, 0.3) is 5.91 Å². The van der Waals surface area contributed by atoms with Crippen molar-refractivity contribution in [1.82, 2.24) is 14.8 Å². The van der Waals surface area contributed by atoms with Gasteiger partial charge >= 0.3 is 5.97 Å². The van der Waals surface area contributed by atoms with Crippen molar-refractivity contribution >= 4 is 11.9 Å². The minimum absolute atomic E-state index is 0.00906. The maximum absolute atomic E-state index is 12.6. The van der Waals surface area contributed by atoms with E-state index in [1.165, 1.54) is 0 Å². The van der Waals surface area contributed by atoms with Crippen LogP contribution in [-0.4, -0.2) is 52.1 Å². The van der Waals surface area contributed by atoms with Crippen molar-refractivity contribution in [3.63, 3.8) is 0 Å². The van der Waals surface area contributed by atoms with Gasteiger partial charge in [-0.3, -0.25) is 14.5 Å². The molecule has 1 aliphatic heterocycles. The summed E-state index contributed by atoms with van der Waals surface area (Å²) in [7, 11) is 0. The molecule has 2 rings (SSSR count). The maximum atomic E-state index is 12.6. The molecule has 1 aromatic rings. The molecular weight excluding hydrogens is 306 g/mol. The lowest BCUT2D eigenvalue weighted by atomic mass is 9.98. The Morgan fingerprint density at radius 3 is 2.58 bits per heavy atom. The van der Waals surface area contributed by atoms with Crippen LogP contribution in [0.25, 0.3) is 0 Å². The number of aromatic nitrogens is 1. The number of aliphatic carboxylic acids is 1. The largest absolute Gasteiger partial charge is 0.480 e. The summed E-state index contributed by atoms with van der Waals surface area (Å²) in [6.07, 6.45) is 5.81. The summed E-state index contributed by atoms with van der Waals surface area (Å²) in [4.78, 5) is 25.4. The molecule has 24 heavy (non-hydrogen) atoms. The van der Waals surface area contributed by atoms with Crippen LogP contribution < -0.4 is 5.32 Å². The van der Waals surface area contributed by atoms with Crippen LogP contribution in [0.3, 0.4) is 0 Å². The van der Waals surface area contributed by atoms with E-state index in [0.717, 1.165) is 19.4 Å². The van der Waals surface area contributed by atoms with Gasteiger partial charge in [-0.05, 0) is 39.2 Å². The third kappa shape index (κ3) is 4.60. The molecule has 1 saturated heterocycles. The Morgan fingerprint density at radius 1 is 1.33 bits per heavy atom. The van der Waals surface area contributed by atoms with Gasteiger partial charge in [-0.1, -0.05) is 13.3 Å². The highest BCUT2D eigenvalue weighted by atomic mass is 16.4. The van der Waals surface area contributed by atoms with E-state index in [1.807, 2.05) is 27.9 Å². The van der Waals surface area contributed by atoms with Crippen molar-refractivity contribution in [3.05, 3.63) is 24.0 Å². The lowest BCUT2D eigenvalue weighted by Gasteiger charge is -2.21. The molecule has 0 aliphatic carbocycles. The lowest BCUT2D eigenvalue weighted by Crippen LogP contribution is -2.40. The molecule has 0 unspecified atom stereocenters. The van der Waals surface area contributed by atoms with Crippen LogP contribution >= 0.6 is 0 Å². The molecule has 0 radical (unpaired) electrons. The summed E-state index contributed by atoms with van der Waals surface area (Å²) in [5.74, 6) is -0.594. The van der Waals surface area contributed by atoms with Gasteiger partial charge in [-0.2, -0.15) is 0 Å². The van der Waals surface area contributed by atoms with E-state index in [4.69, 9.17) is 5.11 Å². The first kappa shape index (κ1) is 18.5. The maximum Gasteiger partial charge on any atom is 0.317 e. The Balaban J connectivity index is 2.03. The van der Waals surface area contributed by atoms with Gasteiger partial charge < -0.3 is 15.0 Å². The third-order valence-electron chi connectivity index (χ3n) is 4.58. The average molecular weight is 335 g/mol. The molecule has 134 valence electrons. The van der Waals surface area contributed by atoms with Crippen molar-refractivity contribution < 1.29 is 14.7 Å². The van der Waals surface area contributed by atoms with Crippen LogP contribution in [-0.2, 0) is 10.3 Å². The Morgan fingerprint density at radius 2 is 2.04 bits per heavy atom. The van der Waals surface area contributed by atoms with Gasteiger partial charge in [0.15, 0.2) is 0 Å². The fraction of sp³-hybridized carbons (Fsp3) is 0.667. The van der Waals surface area contributed by atoms with Crippen molar-refractivity contribution in [2.45, 2.75) is 52.1 Å². The average Bonchev–Trinajstić information content (AvgIpc) is 3.06. The molecule has 2 heterocycles. The minimum Gasteiger partial charge on any atom is -0.480 e. The molecule has 1 aliphatic rings. The van der Waals surface area contributed by atoms with Crippen LogP contribution in [0.15, 0.2) is 18.5 Å². The second-order valence-corrected chi connectivity index (χ2v) is 7.69. The summed E-state index contributed by atoms with van der Waals surface area (Å²) in [6, 6.07) is 1.84. The molecule has 6 nitrogen and oxygen atoms in total. The van der Waals surface area contributed by atoms with Crippen LogP contribution in [0.1, 0.15) is 50.9 Å². The van der Waals surface area contributed by atoms with Crippen molar-refractivity contribution in [2.75, 3.05) is 19.6 Å². The topological polar surface area (TPSA) is 74.6 Å². The molecule has 2 N–H and O–H groups in total. The molecule has 1 amide bonds. The van der Waals surface area contributed by atoms with E-state index in [0.29, 0.717) is 18.0 Å². The predicted octanol–water partition coefficient (Wildman–Crippen LogP) is 2.16. The minimum atomic E-state index is -0.820. The SMILES string of the molecule is CCC[C@H]1CN(CC(=O)O)C[C@@H]1NC(=O)c1ccn(C(C)(C)C)c1. The summed E-state index contributed by atoms with van der Waals surface area (Å²) < 4.78 is 2.02. The van der Waals surface area contributed by atoms with Crippen LogP contribution in [0, 0.1) is 5.92 Å². The number of carbonyl (C=O) groups excluding carboxylic acids is 1. The zero-order valence-electron chi connectivity index (χ0n) is 15.1. The van der Waals surface area contributed by atoms with Gasteiger partial charge in [0.05, 0.1) is 12.1 Å². The highest BCUT2D eigenvalue weighted by Crippen LogP contribution is 2.22.